The van der Waals surface area contributed by atoms with Crippen molar-refractivity contribution >= 4 is 15.9 Å². The van der Waals surface area contributed by atoms with Gasteiger partial charge in [0.2, 0.25) is 10.0 Å². The van der Waals surface area contributed by atoms with Crippen LogP contribution in [0.5, 0.6) is 0 Å². The van der Waals surface area contributed by atoms with Crippen LogP contribution in [0.2, 0.25) is 0 Å². The Kier molecular flexibility index (Phi) is 3.96. The minimum Gasteiger partial charge on any atom is -0.336 e. The first-order valence-electron chi connectivity index (χ1n) is 8.42. The van der Waals surface area contributed by atoms with Gasteiger partial charge in [-0.25, -0.2) is 8.42 Å². The van der Waals surface area contributed by atoms with Crippen molar-refractivity contribution in [3.05, 3.63) is 41.6 Å². The van der Waals surface area contributed by atoms with E-state index in [9.17, 15) is 13.2 Å². The van der Waals surface area contributed by atoms with Crippen molar-refractivity contribution in [2.75, 3.05) is 19.6 Å². The smallest absolute Gasteiger partial charge is 0.253 e. The maximum atomic E-state index is 13.1. The molecule has 3 heterocycles. The van der Waals surface area contributed by atoms with Gasteiger partial charge in [0.1, 0.15) is 0 Å². The molecule has 4 rings (SSSR count). The molecule has 0 saturated carbocycles. The van der Waals surface area contributed by atoms with E-state index in [2.05, 4.69) is 10.2 Å². The van der Waals surface area contributed by atoms with E-state index in [1.54, 1.807) is 21.3 Å². The van der Waals surface area contributed by atoms with E-state index >= 15 is 0 Å². The molecule has 0 N–H and O–H groups in total. The summed E-state index contributed by atoms with van der Waals surface area (Å²) in [6.07, 6.45) is 3.07. The molecule has 25 heavy (non-hydrogen) atoms. The molecule has 0 radical (unpaired) electrons. The number of benzene rings is 1. The Morgan fingerprint density at radius 1 is 1.12 bits per heavy atom. The number of amides is 1. The summed E-state index contributed by atoms with van der Waals surface area (Å²) in [7, 11) is -3.54. The largest absolute Gasteiger partial charge is 0.336 e. The van der Waals surface area contributed by atoms with Gasteiger partial charge in [-0.05, 0) is 31.9 Å². The van der Waals surface area contributed by atoms with Crippen molar-refractivity contribution < 1.29 is 13.2 Å². The van der Waals surface area contributed by atoms with Crippen molar-refractivity contribution in [1.82, 2.24) is 9.21 Å². The molecule has 3 aliphatic rings. The van der Waals surface area contributed by atoms with Crippen molar-refractivity contribution in [3.63, 3.8) is 0 Å². The van der Waals surface area contributed by atoms with Gasteiger partial charge in [-0.3, -0.25) is 4.79 Å². The van der Waals surface area contributed by atoms with Crippen LogP contribution in [0.1, 0.15) is 18.4 Å². The summed E-state index contributed by atoms with van der Waals surface area (Å²) in [4.78, 5) is 14.6. The quantitative estimate of drug-likeness (QED) is 0.823. The van der Waals surface area contributed by atoms with Crippen LogP contribution >= 0.6 is 0 Å². The average molecular weight is 360 g/mol. The lowest BCUT2D eigenvalue weighted by atomic mass is 10.2. The van der Waals surface area contributed by atoms with E-state index in [1.165, 1.54) is 6.20 Å². The van der Waals surface area contributed by atoms with E-state index < -0.39 is 10.0 Å². The first-order chi connectivity index (χ1) is 12.0. The topological polar surface area (TPSA) is 82.4 Å². The fourth-order valence-corrected chi connectivity index (χ4v) is 5.70. The molecule has 7 nitrogen and oxygen atoms in total. The molecule has 0 aromatic heterocycles. The molecule has 1 aromatic carbocycles. The van der Waals surface area contributed by atoms with Gasteiger partial charge in [-0.15, -0.1) is 0 Å². The number of rotatable bonds is 3. The Labute approximate surface area is 147 Å². The van der Waals surface area contributed by atoms with Crippen LogP contribution in [0.15, 0.2) is 51.2 Å². The molecule has 1 amide bonds. The molecule has 1 aromatic rings. The Balaban J connectivity index is 1.56. The molecule has 0 spiro atoms. The molecule has 132 valence electrons. The summed E-state index contributed by atoms with van der Waals surface area (Å²) in [5.41, 5.74) is 1.60. The van der Waals surface area contributed by atoms with Gasteiger partial charge in [-0.1, -0.05) is 17.7 Å². The van der Waals surface area contributed by atoms with Gasteiger partial charge in [0, 0.05) is 25.2 Å². The molecule has 2 fully saturated rings. The molecule has 0 aliphatic carbocycles. The number of nitrogens with zero attached hydrogens (tertiary/aromatic N) is 4. The van der Waals surface area contributed by atoms with Crippen LogP contribution in [0, 0.1) is 6.92 Å². The summed E-state index contributed by atoms with van der Waals surface area (Å²) in [5.74, 6) is -0.0747. The lowest BCUT2D eigenvalue weighted by Crippen LogP contribution is -2.57. The first kappa shape index (κ1) is 16.4. The van der Waals surface area contributed by atoms with Crippen molar-refractivity contribution in [1.29, 1.82) is 0 Å². The molecule has 8 heteroatoms. The number of azo groups is 1. The molecule has 2 atom stereocenters. The normalized spacial score (nSPS) is 26.1. The van der Waals surface area contributed by atoms with Crippen LogP contribution in [0.4, 0.5) is 0 Å². The standard InChI is InChI=1S/C17H20N4O3S/c1-12-2-6-16(7-3-12)25(23,24)21-14-4-5-15(21)11-20(10-14)17(22)13-8-18-19-9-13/h2-3,6-8,14-15H,4-5,9-11H2,1H3. The SMILES string of the molecule is Cc1ccc(S(=O)(=O)N2C3CCC2CN(C(=O)C2=CN=NC2)C3)cc1. The maximum absolute atomic E-state index is 13.1. The van der Waals surface area contributed by atoms with Gasteiger partial charge < -0.3 is 4.90 Å². The number of carbonyl (C=O) groups excluding carboxylic acids is 1. The number of carbonyl (C=O) groups is 1. The number of aryl methyl sites for hydroxylation is 1. The highest BCUT2D eigenvalue weighted by atomic mass is 32.2. The van der Waals surface area contributed by atoms with E-state index in [-0.39, 0.29) is 18.0 Å². The zero-order valence-electron chi connectivity index (χ0n) is 14.0. The molecule has 2 saturated heterocycles. The van der Waals surface area contributed by atoms with E-state index in [1.807, 2.05) is 19.1 Å². The van der Waals surface area contributed by atoms with E-state index in [4.69, 9.17) is 0 Å². The lowest BCUT2D eigenvalue weighted by molar-refractivity contribution is -0.129. The third-order valence-electron chi connectivity index (χ3n) is 5.11. The van der Waals surface area contributed by atoms with Crippen LogP contribution in [-0.2, 0) is 14.8 Å². The van der Waals surface area contributed by atoms with E-state index in [0.29, 0.717) is 30.1 Å². The highest BCUT2D eigenvalue weighted by Crippen LogP contribution is 2.35. The first-order valence-corrected chi connectivity index (χ1v) is 9.86. The fraction of sp³-hybridized carbons (Fsp3) is 0.471. The van der Waals surface area contributed by atoms with Crippen molar-refractivity contribution in [3.8, 4) is 0 Å². The monoisotopic (exact) mass is 360 g/mol. The summed E-state index contributed by atoms with van der Waals surface area (Å²) in [6.45, 7) is 3.10. The van der Waals surface area contributed by atoms with Gasteiger partial charge in [0.25, 0.3) is 5.91 Å². The Morgan fingerprint density at radius 3 is 2.32 bits per heavy atom. The maximum Gasteiger partial charge on any atom is 0.253 e. The third-order valence-corrected chi connectivity index (χ3v) is 7.13. The minimum atomic E-state index is -3.54. The predicted molar refractivity (Wildman–Crippen MR) is 91.4 cm³/mol. The molecule has 3 aliphatic heterocycles. The second kappa shape index (κ2) is 6.03. The third kappa shape index (κ3) is 2.79. The molecular formula is C17H20N4O3S. The Bertz CT molecular complexity index is 846. The second-order valence-electron chi connectivity index (χ2n) is 6.81. The molecule has 2 unspecified atom stereocenters. The van der Waals surface area contributed by atoms with Gasteiger partial charge in [0.05, 0.1) is 23.2 Å². The van der Waals surface area contributed by atoms with Crippen LogP contribution in [0.25, 0.3) is 0 Å². The van der Waals surface area contributed by atoms with Crippen LogP contribution in [-0.4, -0.2) is 55.2 Å². The number of sulfonamides is 1. The summed E-state index contributed by atoms with van der Waals surface area (Å²) in [5, 5.41) is 7.56. The second-order valence-corrected chi connectivity index (χ2v) is 8.66. The summed E-state index contributed by atoms with van der Waals surface area (Å²) < 4.78 is 27.8. The van der Waals surface area contributed by atoms with E-state index in [0.717, 1.165) is 18.4 Å². The molecular weight excluding hydrogens is 340 g/mol. The lowest BCUT2D eigenvalue weighted by Gasteiger charge is -2.40. The predicted octanol–water partition coefficient (Wildman–Crippen LogP) is 1.71. The van der Waals surface area contributed by atoms with Gasteiger partial charge in [-0.2, -0.15) is 14.5 Å². The highest BCUT2D eigenvalue weighted by Gasteiger charge is 2.47. The fourth-order valence-electron chi connectivity index (χ4n) is 3.85. The zero-order chi connectivity index (χ0) is 17.6. The summed E-state index contributed by atoms with van der Waals surface area (Å²) >= 11 is 0. The van der Waals surface area contributed by atoms with Crippen molar-refractivity contribution in [2.24, 2.45) is 10.2 Å². The van der Waals surface area contributed by atoms with Crippen molar-refractivity contribution in [2.45, 2.75) is 36.7 Å². The van der Waals surface area contributed by atoms with Gasteiger partial charge >= 0.3 is 0 Å². The highest BCUT2D eigenvalue weighted by molar-refractivity contribution is 7.89. The number of piperazine rings is 1. The van der Waals surface area contributed by atoms with Gasteiger partial charge in [0.15, 0.2) is 0 Å². The average Bonchev–Trinajstić information content (AvgIpc) is 3.21. The Hall–Kier alpha value is -2.06. The molecule has 2 bridgehead atoms. The Morgan fingerprint density at radius 2 is 1.76 bits per heavy atom. The van der Waals surface area contributed by atoms with Crippen LogP contribution in [0.3, 0.4) is 0 Å². The number of fused-ring (bicyclic) bond motifs is 2. The number of hydrogen-bond acceptors (Lipinski definition) is 5. The zero-order valence-corrected chi connectivity index (χ0v) is 14.8. The summed E-state index contributed by atoms with van der Waals surface area (Å²) in [6, 6.07) is 6.62. The van der Waals surface area contributed by atoms with Crippen LogP contribution < -0.4 is 0 Å². The minimum absolute atomic E-state index is 0.0747. The number of hydrogen-bond donors (Lipinski definition) is 0. The number of likely N-dealkylation sites (tertiary alicyclic amines) is 1.